The molecule has 0 bridgehead atoms. The number of aromatic nitrogens is 6. The molecule has 2 aromatic carbocycles. The van der Waals surface area contributed by atoms with E-state index in [-0.39, 0.29) is 29.8 Å². The Balaban J connectivity index is 0.00000384. The Morgan fingerprint density at radius 3 is 2.70 bits per heavy atom. The van der Waals surface area contributed by atoms with Gasteiger partial charge in [-0.05, 0) is 69.3 Å². The highest BCUT2D eigenvalue weighted by molar-refractivity contribution is 5.92. The Labute approximate surface area is 253 Å². The van der Waals surface area contributed by atoms with E-state index in [0.717, 1.165) is 60.7 Å². The number of aryl methyl sites for hydroxylation is 1. The number of nitriles is 1. The van der Waals surface area contributed by atoms with Gasteiger partial charge in [-0.2, -0.15) is 5.26 Å². The van der Waals surface area contributed by atoms with E-state index in [0.29, 0.717) is 18.7 Å². The van der Waals surface area contributed by atoms with Crippen LogP contribution >= 0.6 is 0 Å². The molecule has 4 N–H and O–H groups in total. The first-order valence-electron chi connectivity index (χ1n) is 14.2. The summed E-state index contributed by atoms with van der Waals surface area (Å²) in [4.78, 5) is 30.3. The fourth-order valence-corrected chi connectivity index (χ4v) is 5.60. The molecule has 0 amide bonds. The van der Waals surface area contributed by atoms with Gasteiger partial charge in [-0.3, -0.25) is 4.90 Å². The molecule has 3 aromatic heterocycles. The molecule has 0 spiro atoms. The van der Waals surface area contributed by atoms with Gasteiger partial charge in [-0.15, -0.1) is 9.94 Å². The Kier molecular flexibility index (Phi) is 9.03. The quantitative estimate of drug-likeness (QED) is 0.237. The molecule has 0 atom stereocenters. The fraction of sp³-hybridized carbons (Fsp3) is 0.323. The van der Waals surface area contributed by atoms with Crippen molar-refractivity contribution in [1.29, 1.82) is 5.26 Å². The van der Waals surface area contributed by atoms with Crippen LogP contribution in [0.4, 0.5) is 4.39 Å². The third-order valence-electron chi connectivity index (χ3n) is 8.03. The molecule has 1 aliphatic rings. The van der Waals surface area contributed by atoms with Gasteiger partial charge in [0.1, 0.15) is 18.2 Å². The Morgan fingerprint density at radius 1 is 1.16 bits per heavy atom. The summed E-state index contributed by atoms with van der Waals surface area (Å²) >= 11 is 0. The maximum atomic E-state index is 14.2. The minimum absolute atomic E-state index is 0. The molecule has 12 nitrogen and oxygen atoms in total. The summed E-state index contributed by atoms with van der Waals surface area (Å²) in [6.07, 6.45) is 7.20. The molecular weight excluding hydrogens is 565 g/mol. The SMILES string of the molecule is CCn1cncc1Cn1c(CN2CCC(c3ccn(OCc4ccc(C#N)cc4F)n3)CC2)nc2ccc(C(=O)O)cc21.N. The normalized spacial score (nSPS) is 13.9. The van der Waals surface area contributed by atoms with Gasteiger partial charge in [0.15, 0.2) is 0 Å². The van der Waals surface area contributed by atoms with Crippen molar-refractivity contribution >= 4 is 17.0 Å². The number of nitrogens with zero attached hydrogens (tertiary/aromatic N) is 8. The zero-order chi connectivity index (χ0) is 29.9. The van der Waals surface area contributed by atoms with Crippen LogP contribution in [0.5, 0.6) is 0 Å². The second-order valence-corrected chi connectivity index (χ2v) is 10.7. The van der Waals surface area contributed by atoms with Crippen molar-refractivity contribution < 1.29 is 19.1 Å². The van der Waals surface area contributed by atoms with Crippen molar-refractivity contribution in [2.75, 3.05) is 13.1 Å². The molecule has 4 heterocycles. The lowest BCUT2D eigenvalue weighted by Crippen LogP contribution is -2.33. The first-order valence-corrected chi connectivity index (χ1v) is 14.2. The smallest absolute Gasteiger partial charge is 0.335 e. The first-order chi connectivity index (χ1) is 20.9. The van der Waals surface area contributed by atoms with E-state index in [9.17, 15) is 14.3 Å². The van der Waals surface area contributed by atoms with E-state index < -0.39 is 11.8 Å². The summed E-state index contributed by atoms with van der Waals surface area (Å²) in [6, 6.07) is 13.2. The van der Waals surface area contributed by atoms with E-state index in [4.69, 9.17) is 15.1 Å². The Bertz CT molecular complexity index is 1810. The van der Waals surface area contributed by atoms with E-state index in [1.165, 1.54) is 10.9 Å². The summed E-state index contributed by atoms with van der Waals surface area (Å²) in [5.41, 5.74) is 4.37. The zero-order valence-electron chi connectivity index (χ0n) is 24.4. The van der Waals surface area contributed by atoms with Crippen LogP contribution in [0, 0.1) is 17.1 Å². The van der Waals surface area contributed by atoms with Crippen molar-refractivity contribution in [3.05, 3.63) is 101 Å². The lowest BCUT2D eigenvalue weighted by Gasteiger charge is -2.31. The minimum atomic E-state index is -0.967. The van der Waals surface area contributed by atoms with Gasteiger partial charge in [0, 0.05) is 24.2 Å². The van der Waals surface area contributed by atoms with Gasteiger partial charge in [-0.1, -0.05) is 6.07 Å². The predicted molar refractivity (Wildman–Crippen MR) is 160 cm³/mol. The van der Waals surface area contributed by atoms with Crippen LogP contribution in [-0.2, 0) is 26.2 Å². The maximum absolute atomic E-state index is 14.2. The highest BCUT2D eigenvalue weighted by Crippen LogP contribution is 2.28. The summed E-state index contributed by atoms with van der Waals surface area (Å²) in [5.74, 6) is -0.298. The van der Waals surface area contributed by atoms with Crippen LogP contribution in [0.25, 0.3) is 11.0 Å². The van der Waals surface area contributed by atoms with Crippen molar-refractivity contribution in [2.45, 2.75) is 51.9 Å². The average Bonchev–Trinajstić information content (AvgIpc) is 3.76. The average molecular weight is 600 g/mol. The van der Waals surface area contributed by atoms with Gasteiger partial charge in [-0.25, -0.2) is 19.2 Å². The van der Waals surface area contributed by atoms with Gasteiger partial charge in [0.05, 0.1) is 65.2 Å². The summed E-state index contributed by atoms with van der Waals surface area (Å²) < 4.78 is 18.4. The van der Waals surface area contributed by atoms with Gasteiger partial charge >= 0.3 is 5.97 Å². The van der Waals surface area contributed by atoms with Crippen LogP contribution in [0.2, 0.25) is 0 Å². The number of carbonyl (C=O) groups is 1. The molecule has 0 saturated carbocycles. The lowest BCUT2D eigenvalue weighted by molar-refractivity contribution is 0.0666. The molecular formula is C31H34FN9O3. The summed E-state index contributed by atoms with van der Waals surface area (Å²) in [5, 5.41) is 23.1. The number of fused-ring (bicyclic) bond motifs is 1. The van der Waals surface area contributed by atoms with Gasteiger partial charge in [0.2, 0.25) is 0 Å². The zero-order valence-corrected chi connectivity index (χ0v) is 24.4. The van der Waals surface area contributed by atoms with Crippen molar-refractivity contribution in [3.8, 4) is 6.07 Å². The number of imidazole rings is 2. The standard InChI is InChI=1S/C31H31FN8O3.H3N/c1-2-38-20-34-16-25(38)17-39-29-14-23(31(41)42)5-6-28(29)35-30(39)18-37-10-7-22(8-11-37)27-9-12-40(36-27)43-19-24-4-3-21(15-33)13-26(24)32;/h3-6,9,12-14,16,20,22H,2,7-8,10-11,17-19H2,1H3,(H,41,42);1H3. The number of rotatable bonds is 10. The first kappa shape index (κ1) is 30.4. The van der Waals surface area contributed by atoms with E-state index in [2.05, 4.69) is 31.0 Å². The molecule has 0 unspecified atom stereocenters. The summed E-state index contributed by atoms with van der Waals surface area (Å²) in [7, 11) is 0. The van der Waals surface area contributed by atoms with Crippen molar-refractivity contribution in [3.63, 3.8) is 0 Å². The van der Waals surface area contributed by atoms with Crippen LogP contribution in [0.3, 0.4) is 0 Å². The van der Waals surface area contributed by atoms with Crippen molar-refractivity contribution in [1.82, 2.24) is 40.1 Å². The Morgan fingerprint density at radius 2 is 1.98 bits per heavy atom. The molecule has 1 aliphatic heterocycles. The summed E-state index contributed by atoms with van der Waals surface area (Å²) in [6.45, 7) is 5.75. The number of benzene rings is 2. The highest BCUT2D eigenvalue weighted by atomic mass is 19.1. The fourth-order valence-electron chi connectivity index (χ4n) is 5.60. The predicted octanol–water partition coefficient (Wildman–Crippen LogP) is 4.38. The number of carboxylic acid groups (broad SMARTS) is 1. The van der Waals surface area contributed by atoms with Crippen LogP contribution < -0.4 is 11.0 Å². The minimum Gasteiger partial charge on any atom is -0.478 e. The van der Waals surface area contributed by atoms with E-state index in [1.807, 2.05) is 18.3 Å². The molecule has 6 rings (SSSR count). The lowest BCUT2D eigenvalue weighted by atomic mass is 9.94. The molecule has 13 heteroatoms. The van der Waals surface area contributed by atoms with Crippen LogP contribution in [0.1, 0.15) is 64.4 Å². The number of aromatic carboxylic acids is 1. The molecule has 228 valence electrons. The molecule has 5 aromatic rings. The monoisotopic (exact) mass is 599 g/mol. The number of piperidine rings is 1. The molecule has 0 aliphatic carbocycles. The number of carboxylic acids is 1. The number of hydrogen-bond donors (Lipinski definition) is 2. The number of likely N-dealkylation sites (tertiary alicyclic amines) is 1. The van der Waals surface area contributed by atoms with Crippen LogP contribution in [-0.4, -0.2) is 58.1 Å². The largest absolute Gasteiger partial charge is 0.478 e. The molecule has 1 fully saturated rings. The second kappa shape index (κ2) is 13.1. The molecule has 44 heavy (non-hydrogen) atoms. The molecule has 0 radical (unpaired) electrons. The van der Waals surface area contributed by atoms with Gasteiger partial charge in [0.25, 0.3) is 0 Å². The second-order valence-electron chi connectivity index (χ2n) is 10.7. The number of halogens is 1. The van der Waals surface area contributed by atoms with Gasteiger partial charge < -0.3 is 25.2 Å². The van der Waals surface area contributed by atoms with E-state index >= 15 is 0 Å². The van der Waals surface area contributed by atoms with Crippen molar-refractivity contribution in [2.24, 2.45) is 0 Å². The maximum Gasteiger partial charge on any atom is 0.335 e. The third kappa shape index (κ3) is 6.31. The van der Waals surface area contributed by atoms with Crippen LogP contribution in [0.15, 0.2) is 61.2 Å². The highest BCUT2D eigenvalue weighted by Gasteiger charge is 2.25. The topological polar surface area (TPSA) is 162 Å². The number of hydrogen-bond acceptors (Lipinski definition) is 8. The van der Waals surface area contributed by atoms with E-state index in [1.54, 1.807) is 42.9 Å². The Hall–Kier alpha value is -5.06. The molecule has 1 saturated heterocycles. The third-order valence-corrected chi connectivity index (χ3v) is 8.03.